The molecule has 1 fully saturated rings. The molecular formula is C12H20N2OS. The van der Waals surface area contributed by atoms with Gasteiger partial charge < -0.3 is 5.11 Å². The van der Waals surface area contributed by atoms with Gasteiger partial charge in [-0.25, -0.2) is 10.0 Å². The molecule has 1 aliphatic heterocycles. The molecule has 2 rings (SSSR count). The smallest absolute Gasteiger partial charge is 0.104 e. The molecule has 1 aromatic heterocycles. The van der Waals surface area contributed by atoms with Crippen molar-refractivity contribution < 1.29 is 5.11 Å². The third kappa shape index (κ3) is 2.02. The maximum Gasteiger partial charge on any atom is 0.104 e. The van der Waals surface area contributed by atoms with E-state index in [-0.39, 0.29) is 5.92 Å². The van der Waals surface area contributed by atoms with Crippen LogP contribution in [0.25, 0.3) is 0 Å². The third-order valence-corrected chi connectivity index (χ3v) is 4.60. The minimum atomic E-state index is -0.624. The van der Waals surface area contributed by atoms with Crippen LogP contribution in [0.1, 0.15) is 18.2 Å². The summed E-state index contributed by atoms with van der Waals surface area (Å²) in [6, 6.07) is 4.06. The van der Waals surface area contributed by atoms with E-state index in [2.05, 4.69) is 31.0 Å². The van der Waals surface area contributed by atoms with Crippen LogP contribution in [0.4, 0.5) is 0 Å². The van der Waals surface area contributed by atoms with Gasteiger partial charge in [0.15, 0.2) is 0 Å². The molecule has 1 saturated heterocycles. The molecule has 0 aromatic carbocycles. The molecule has 4 heteroatoms. The monoisotopic (exact) mass is 240 g/mol. The highest BCUT2D eigenvalue weighted by Gasteiger charge is 2.41. The maximum absolute atomic E-state index is 10.8. The molecule has 0 bridgehead atoms. The van der Waals surface area contributed by atoms with Crippen molar-refractivity contribution in [3.8, 4) is 0 Å². The van der Waals surface area contributed by atoms with Crippen LogP contribution in [0.2, 0.25) is 0 Å². The van der Waals surface area contributed by atoms with Crippen LogP contribution in [-0.2, 0) is 5.60 Å². The van der Waals surface area contributed by atoms with Gasteiger partial charge in [0.25, 0.3) is 0 Å². The number of piperidine rings is 1. The number of hydrogen-bond acceptors (Lipinski definition) is 4. The van der Waals surface area contributed by atoms with Crippen molar-refractivity contribution in [2.75, 3.05) is 27.2 Å². The molecule has 2 unspecified atom stereocenters. The topological polar surface area (TPSA) is 26.7 Å². The molecule has 1 aromatic rings. The molecule has 16 heavy (non-hydrogen) atoms. The highest BCUT2D eigenvalue weighted by atomic mass is 32.1. The van der Waals surface area contributed by atoms with Crippen LogP contribution in [0, 0.1) is 5.92 Å². The highest BCUT2D eigenvalue weighted by Crippen LogP contribution is 2.39. The van der Waals surface area contributed by atoms with Crippen molar-refractivity contribution in [2.45, 2.75) is 18.9 Å². The second kappa shape index (κ2) is 4.45. The van der Waals surface area contributed by atoms with Gasteiger partial charge in [0.1, 0.15) is 5.60 Å². The molecule has 0 spiro atoms. The molecule has 1 N–H and O–H groups in total. The Morgan fingerprint density at radius 1 is 1.56 bits per heavy atom. The van der Waals surface area contributed by atoms with Crippen molar-refractivity contribution in [1.82, 2.24) is 10.0 Å². The molecule has 2 atom stereocenters. The Kier molecular flexibility index (Phi) is 3.35. The fourth-order valence-corrected chi connectivity index (χ4v) is 3.33. The first-order chi connectivity index (χ1) is 7.54. The molecule has 0 aliphatic carbocycles. The first kappa shape index (κ1) is 12.0. The van der Waals surface area contributed by atoms with E-state index in [0.717, 1.165) is 24.4 Å². The van der Waals surface area contributed by atoms with Crippen LogP contribution >= 0.6 is 11.3 Å². The second-order valence-electron chi connectivity index (χ2n) is 4.81. The van der Waals surface area contributed by atoms with E-state index < -0.39 is 5.60 Å². The SMILES string of the molecule is CC1CN(N(C)C)CCC1(O)c1cccs1. The lowest BCUT2D eigenvalue weighted by molar-refractivity contribution is -0.117. The minimum Gasteiger partial charge on any atom is -0.384 e. The molecule has 90 valence electrons. The second-order valence-corrected chi connectivity index (χ2v) is 5.76. The van der Waals surface area contributed by atoms with Gasteiger partial charge in [0, 0.05) is 38.0 Å². The highest BCUT2D eigenvalue weighted by molar-refractivity contribution is 7.10. The maximum atomic E-state index is 10.8. The Bertz CT molecular complexity index is 339. The fourth-order valence-electron chi connectivity index (χ4n) is 2.36. The minimum absolute atomic E-state index is 0.266. The Morgan fingerprint density at radius 3 is 2.81 bits per heavy atom. The zero-order chi connectivity index (χ0) is 11.8. The summed E-state index contributed by atoms with van der Waals surface area (Å²) in [7, 11) is 4.12. The molecule has 3 nitrogen and oxygen atoms in total. The van der Waals surface area contributed by atoms with E-state index in [1.54, 1.807) is 11.3 Å². The van der Waals surface area contributed by atoms with Gasteiger partial charge in [-0.15, -0.1) is 11.3 Å². The van der Waals surface area contributed by atoms with Gasteiger partial charge in [0.2, 0.25) is 0 Å². The Hall–Kier alpha value is -0.420. The van der Waals surface area contributed by atoms with E-state index in [1.165, 1.54) is 0 Å². The lowest BCUT2D eigenvalue weighted by atomic mass is 9.81. The Labute approximate surface area is 101 Å². The van der Waals surface area contributed by atoms with Gasteiger partial charge >= 0.3 is 0 Å². The summed E-state index contributed by atoms with van der Waals surface area (Å²) >= 11 is 1.66. The van der Waals surface area contributed by atoms with Gasteiger partial charge in [-0.1, -0.05) is 13.0 Å². The molecular weight excluding hydrogens is 220 g/mol. The van der Waals surface area contributed by atoms with Crippen LogP contribution < -0.4 is 0 Å². The summed E-state index contributed by atoms with van der Waals surface area (Å²) in [5, 5.41) is 17.2. The van der Waals surface area contributed by atoms with Crippen LogP contribution in [0.3, 0.4) is 0 Å². The van der Waals surface area contributed by atoms with Crippen LogP contribution in [0.5, 0.6) is 0 Å². The lowest BCUT2D eigenvalue weighted by Gasteiger charge is -2.44. The van der Waals surface area contributed by atoms with Crippen LogP contribution in [0.15, 0.2) is 17.5 Å². The van der Waals surface area contributed by atoms with Crippen molar-refractivity contribution in [1.29, 1.82) is 0 Å². The summed E-state index contributed by atoms with van der Waals surface area (Å²) in [6.45, 7) is 3.97. The van der Waals surface area contributed by atoms with Gasteiger partial charge in [-0.05, 0) is 17.9 Å². The first-order valence-corrected chi connectivity index (χ1v) is 6.60. The first-order valence-electron chi connectivity index (χ1n) is 5.72. The summed E-state index contributed by atoms with van der Waals surface area (Å²) in [5.41, 5.74) is -0.624. The van der Waals surface area contributed by atoms with Crippen molar-refractivity contribution in [3.63, 3.8) is 0 Å². The summed E-state index contributed by atoms with van der Waals surface area (Å²) < 4.78 is 0. The summed E-state index contributed by atoms with van der Waals surface area (Å²) in [5.74, 6) is 0.266. The molecule has 0 amide bonds. The molecule has 0 saturated carbocycles. The van der Waals surface area contributed by atoms with Gasteiger partial charge in [-0.2, -0.15) is 0 Å². The van der Waals surface area contributed by atoms with Crippen molar-refractivity contribution in [2.24, 2.45) is 5.92 Å². The fraction of sp³-hybridized carbons (Fsp3) is 0.667. The number of thiophene rings is 1. The van der Waals surface area contributed by atoms with E-state index in [0.29, 0.717) is 0 Å². The lowest BCUT2D eigenvalue weighted by Crippen LogP contribution is -2.52. The zero-order valence-electron chi connectivity index (χ0n) is 10.2. The standard InChI is InChI=1S/C12H20N2OS/c1-10-9-14(13(2)3)7-6-12(10,15)11-5-4-8-16-11/h4-5,8,10,15H,6-7,9H2,1-3H3. The number of hydrogen-bond donors (Lipinski definition) is 1. The summed E-state index contributed by atoms with van der Waals surface area (Å²) in [4.78, 5) is 1.11. The van der Waals surface area contributed by atoms with Gasteiger partial charge in [0.05, 0.1) is 0 Å². The molecule has 2 heterocycles. The van der Waals surface area contributed by atoms with E-state index in [1.807, 2.05) is 17.5 Å². The normalized spacial score (nSPS) is 32.2. The van der Waals surface area contributed by atoms with E-state index in [9.17, 15) is 5.11 Å². The number of rotatable bonds is 2. The van der Waals surface area contributed by atoms with Crippen LogP contribution in [-0.4, -0.2) is 42.3 Å². The zero-order valence-corrected chi connectivity index (χ0v) is 11.0. The predicted molar refractivity (Wildman–Crippen MR) is 67.3 cm³/mol. The molecule has 1 aliphatic rings. The molecule has 0 radical (unpaired) electrons. The Morgan fingerprint density at radius 2 is 2.31 bits per heavy atom. The average Bonchev–Trinajstić information content (AvgIpc) is 2.75. The third-order valence-electron chi connectivity index (χ3n) is 3.56. The summed E-state index contributed by atoms with van der Waals surface area (Å²) in [6.07, 6.45) is 0.812. The largest absolute Gasteiger partial charge is 0.384 e. The number of nitrogens with zero attached hydrogens (tertiary/aromatic N) is 2. The van der Waals surface area contributed by atoms with Crippen molar-refractivity contribution >= 4 is 11.3 Å². The van der Waals surface area contributed by atoms with Crippen molar-refractivity contribution in [3.05, 3.63) is 22.4 Å². The average molecular weight is 240 g/mol. The predicted octanol–water partition coefficient (Wildman–Crippen LogP) is 1.75. The number of hydrazine groups is 1. The quantitative estimate of drug-likeness (QED) is 0.853. The van der Waals surface area contributed by atoms with E-state index >= 15 is 0 Å². The number of aliphatic hydroxyl groups is 1. The Balaban J connectivity index is 2.15. The van der Waals surface area contributed by atoms with E-state index in [4.69, 9.17) is 0 Å². The van der Waals surface area contributed by atoms with Gasteiger partial charge in [-0.3, -0.25) is 0 Å².